The highest BCUT2D eigenvalue weighted by Gasteiger charge is 2.10. The van der Waals surface area contributed by atoms with Crippen LogP contribution in [0.25, 0.3) is 16.7 Å². The van der Waals surface area contributed by atoms with Gasteiger partial charge in [-0.1, -0.05) is 78.4 Å². The van der Waals surface area contributed by atoms with Crippen molar-refractivity contribution in [2.75, 3.05) is 0 Å². The van der Waals surface area contributed by atoms with Crippen molar-refractivity contribution in [3.8, 4) is 34.1 Å². The summed E-state index contributed by atoms with van der Waals surface area (Å²) in [6, 6.07) is 38.5. The van der Waals surface area contributed by atoms with E-state index >= 15 is 0 Å². The molecule has 186 valence electrons. The van der Waals surface area contributed by atoms with E-state index in [4.69, 9.17) is 9.47 Å². The first-order chi connectivity index (χ1) is 18.4. The molecule has 0 aromatic heterocycles. The SMILES string of the molecule is C=C(C)c1ccc(-c2ccc(C(=O)c3ccc(Oc4ccc(Oc5ccc(C)cc5)cc4)cc3)cc2)cc1. The first-order valence-electron chi connectivity index (χ1n) is 12.5. The van der Waals surface area contributed by atoms with Crippen LogP contribution in [-0.2, 0) is 0 Å². The van der Waals surface area contributed by atoms with Crippen LogP contribution in [0.5, 0.6) is 23.0 Å². The van der Waals surface area contributed by atoms with E-state index in [9.17, 15) is 4.79 Å². The van der Waals surface area contributed by atoms with Crippen molar-refractivity contribution in [3.63, 3.8) is 0 Å². The van der Waals surface area contributed by atoms with E-state index in [-0.39, 0.29) is 5.78 Å². The van der Waals surface area contributed by atoms with Gasteiger partial charge in [-0.25, -0.2) is 0 Å². The average Bonchev–Trinajstić information content (AvgIpc) is 2.95. The fourth-order valence-electron chi connectivity index (χ4n) is 4.06. The molecule has 0 N–H and O–H groups in total. The Morgan fingerprint density at radius 1 is 0.500 bits per heavy atom. The van der Waals surface area contributed by atoms with Crippen LogP contribution in [0.4, 0.5) is 0 Å². The predicted octanol–water partition coefficient (Wildman–Crippen LogP) is 9.51. The molecule has 0 spiro atoms. The van der Waals surface area contributed by atoms with Crippen LogP contribution in [0.3, 0.4) is 0 Å². The van der Waals surface area contributed by atoms with Gasteiger partial charge in [0, 0.05) is 11.1 Å². The minimum atomic E-state index is -0.0293. The number of allylic oxidation sites excluding steroid dienone is 1. The second-order valence-corrected chi connectivity index (χ2v) is 9.28. The number of ether oxygens (including phenoxy) is 2. The van der Waals surface area contributed by atoms with Gasteiger partial charge in [-0.05, 0) is 91.2 Å². The zero-order valence-electron chi connectivity index (χ0n) is 21.5. The van der Waals surface area contributed by atoms with Crippen LogP contribution >= 0.6 is 0 Å². The van der Waals surface area contributed by atoms with Gasteiger partial charge >= 0.3 is 0 Å². The third-order valence-electron chi connectivity index (χ3n) is 6.29. The molecule has 0 bridgehead atoms. The van der Waals surface area contributed by atoms with Crippen LogP contribution in [0, 0.1) is 6.92 Å². The zero-order valence-corrected chi connectivity index (χ0v) is 21.5. The van der Waals surface area contributed by atoms with Gasteiger partial charge in [0.05, 0.1) is 0 Å². The number of benzene rings is 5. The van der Waals surface area contributed by atoms with Gasteiger partial charge < -0.3 is 9.47 Å². The Bertz CT molecular complexity index is 1540. The third kappa shape index (κ3) is 5.91. The predicted molar refractivity (Wildman–Crippen MR) is 154 cm³/mol. The largest absolute Gasteiger partial charge is 0.457 e. The summed E-state index contributed by atoms with van der Waals surface area (Å²) in [5.74, 6) is 2.83. The first kappa shape index (κ1) is 24.8. The quantitative estimate of drug-likeness (QED) is 0.201. The number of hydrogen-bond donors (Lipinski definition) is 0. The molecular weight excluding hydrogens is 468 g/mol. The molecule has 0 aliphatic carbocycles. The molecule has 3 heteroatoms. The molecule has 0 amide bonds. The van der Waals surface area contributed by atoms with Crippen molar-refractivity contribution < 1.29 is 14.3 Å². The van der Waals surface area contributed by atoms with Crippen molar-refractivity contribution in [1.82, 2.24) is 0 Å². The molecule has 0 radical (unpaired) electrons. The monoisotopic (exact) mass is 496 g/mol. The van der Waals surface area contributed by atoms with E-state index in [0.717, 1.165) is 33.8 Å². The highest BCUT2D eigenvalue weighted by atomic mass is 16.5. The smallest absolute Gasteiger partial charge is 0.193 e. The van der Waals surface area contributed by atoms with Crippen molar-refractivity contribution >= 4 is 11.4 Å². The molecule has 5 aromatic carbocycles. The van der Waals surface area contributed by atoms with Gasteiger partial charge in [0.15, 0.2) is 5.78 Å². The zero-order chi connectivity index (χ0) is 26.5. The van der Waals surface area contributed by atoms with E-state index in [1.54, 1.807) is 12.1 Å². The lowest BCUT2D eigenvalue weighted by Gasteiger charge is -2.09. The summed E-state index contributed by atoms with van der Waals surface area (Å²) in [6.45, 7) is 8.02. The summed E-state index contributed by atoms with van der Waals surface area (Å²) in [6.07, 6.45) is 0. The Kier molecular flexibility index (Phi) is 7.19. The Morgan fingerprint density at radius 2 is 0.816 bits per heavy atom. The fraction of sp³-hybridized carbons (Fsp3) is 0.0571. The van der Waals surface area contributed by atoms with E-state index in [1.165, 1.54) is 5.56 Å². The summed E-state index contributed by atoms with van der Waals surface area (Å²) < 4.78 is 11.8. The normalized spacial score (nSPS) is 10.6. The minimum absolute atomic E-state index is 0.0293. The summed E-state index contributed by atoms with van der Waals surface area (Å²) >= 11 is 0. The van der Waals surface area contributed by atoms with Gasteiger partial charge in [-0.15, -0.1) is 0 Å². The van der Waals surface area contributed by atoms with E-state index in [1.807, 2.05) is 98.8 Å². The standard InChI is InChI=1S/C35H28O3/c1-24(2)26-6-8-27(9-7-26)28-10-12-29(13-11-28)35(36)30-14-18-32(19-15-30)38-34-22-20-33(21-23-34)37-31-16-4-25(3)5-17-31/h4-23H,1H2,2-3H3. The molecule has 3 nitrogen and oxygen atoms in total. The van der Waals surface area contributed by atoms with E-state index in [2.05, 4.69) is 30.8 Å². The molecule has 0 heterocycles. The number of hydrogen-bond acceptors (Lipinski definition) is 3. The number of ketones is 1. The van der Waals surface area contributed by atoms with Gasteiger partial charge in [0.25, 0.3) is 0 Å². The minimum Gasteiger partial charge on any atom is -0.457 e. The lowest BCUT2D eigenvalue weighted by molar-refractivity contribution is 0.103. The van der Waals surface area contributed by atoms with Crippen LogP contribution < -0.4 is 9.47 Å². The maximum absolute atomic E-state index is 13.0. The molecule has 5 aromatic rings. The van der Waals surface area contributed by atoms with E-state index in [0.29, 0.717) is 22.6 Å². The van der Waals surface area contributed by atoms with Crippen molar-refractivity contribution in [2.45, 2.75) is 13.8 Å². The number of rotatable bonds is 8. The molecular formula is C35H28O3. The third-order valence-corrected chi connectivity index (χ3v) is 6.29. The second kappa shape index (κ2) is 11.0. The molecule has 0 unspecified atom stereocenters. The second-order valence-electron chi connectivity index (χ2n) is 9.28. The fourth-order valence-corrected chi connectivity index (χ4v) is 4.06. The van der Waals surface area contributed by atoms with Crippen LogP contribution in [0.2, 0.25) is 0 Å². The van der Waals surface area contributed by atoms with E-state index < -0.39 is 0 Å². The topological polar surface area (TPSA) is 35.5 Å². The average molecular weight is 497 g/mol. The number of carbonyl (C=O) groups excluding carboxylic acids is 1. The molecule has 0 saturated carbocycles. The molecule has 0 atom stereocenters. The summed E-state index contributed by atoms with van der Waals surface area (Å²) in [5.41, 5.74) is 6.77. The first-order valence-corrected chi connectivity index (χ1v) is 12.5. The lowest BCUT2D eigenvalue weighted by atomic mass is 9.98. The van der Waals surface area contributed by atoms with Gasteiger partial charge in [0.2, 0.25) is 0 Å². The maximum Gasteiger partial charge on any atom is 0.193 e. The Labute approximate surface area is 223 Å². The van der Waals surface area contributed by atoms with Crippen LogP contribution in [0.1, 0.15) is 34.0 Å². The lowest BCUT2D eigenvalue weighted by Crippen LogP contribution is -2.01. The molecule has 0 aliphatic heterocycles. The van der Waals surface area contributed by atoms with Gasteiger partial charge in [-0.2, -0.15) is 0 Å². The number of carbonyl (C=O) groups is 1. The van der Waals surface area contributed by atoms with Crippen molar-refractivity contribution in [1.29, 1.82) is 0 Å². The van der Waals surface area contributed by atoms with Crippen LogP contribution in [0.15, 0.2) is 128 Å². The Hall–Kier alpha value is -4.89. The molecule has 5 rings (SSSR count). The summed E-state index contributed by atoms with van der Waals surface area (Å²) in [7, 11) is 0. The maximum atomic E-state index is 13.0. The molecule has 0 fully saturated rings. The molecule has 38 heavy (non-hydrogen) atoms. The van der Waals surface area contributed by atoms with Crippen molar-refractivity contribution in [3.05, 3.63) is 150 Å². The molecule has 0 saturated heterocycles. The molecule has 0 aliphatic rings. The van der Waals surface area contributed by atoms with Gasteiger partial charge in [0.1, 0.15) is 23.0 Å². The number of aryl methyl sites for hydroxylation is 1. The summed E-state index contributed by atoms with van der Waals surface area (Å²) in [4.78, 5) is 13.0. The van der Waals surface area contributed by atoms with Crippen LogP contribution in [-0.4, -0.2) is 5.78 Å². The highest BCUT2D eigenvalue weighted by molar-refractivity contribution is 6.09. The highest BCUT2D eigenvalue weighted by Crippen LogP contribution is 2.28. The van der Waals surface area contributed by atoms with Crippen molar-refractivity contribution in [2.24, 2.45) is 0 Å². The Balaban J connectivity index is 1.21. The summed E-state index contributed by atoms with van der Waals surface area (Å²) in [5, 5.41) is 0. The van der Waals surface area contributed by atoms with Gasteiger partial charge in [-0.3, -0.25) is 4.79 Å². The Morgan fingerprint density at radius 3 is 1.21 bits per heavy atom.